The third-order valence-corrected chi connectivity index (χ3v) is 8.40. The first-order chi connectivity index (χ1) is 13.1. The number of Topliss-reactive ketones (excluding diaryl/α,β-unsaturated/α-hetero) is 1. The van der Waals surface area contributed by atoms with E-state index in [1.54, 1.807) is 7.11 Å². The molecule has 1 aromatic carbocycles. The van der Waals surface area contributed by atoms with Crippen molar-refractivity contribution in [3.63, 3.8) is 0 Å². The van der Waals surface area contributed by atoms with Gasteiger partial charge in [-0.3, -0.25) is 9.69 Å². The van der Waals surface area contributed by atoms with E-state index < -0.39 is 0 Å². The van der Waals surface area contributed by atoms with E-state index in [0.29, 0.717) is 23.7 Å². The molecule has 0 amide bonds. The Balaban J connectivity index is 0.00000192. The molecule has 154 valence electrons. The lowest BCUT2D eigenvalue weighted by atomic mass is 9.49. The number of likely N-dealkylation sites (tertiary alicyclic amines) is 1. The molecule has 3 fully saturated rings. The summed E-state index contributed by atoms with van der Waals surface area (Å²) in [6, 6.07) is 7.29. The molecule has 28 heavy (non-hydrogen) atoms. The summed E-state index contributed by atoms with van der Waals surface area (Å²) < 4.78 is 5.57. The number of fused-ring (bicyclic) bond motifs is 1. The van der Waals surface area contributed by atoms with Gasteiger partial charge in [-0.2, -0.15) is 0 Å². The number of benzene rings is 1. The van der Waals surface area contributed by atoms with Gasteiger partial charge in [0.25, 0.3) is 0 Å². The minimum Gasteiger partial charge on any atom is -0.497 e. The van der Waals surface area contributed by atoms with E-state index in [0.717, 1.165) is 50.3 Å². The van der Waals surface area contributed by atoms with Gasteiger partial charge in [0.2, 0.25) is 0 Å². The highest BCUT2D eigenvalue weighted by Gasteiger charge is 2.58. The number of ketones is 1. The van der Waals surface area contributed by atoms with Crippen molar-refractivity contribution >= 4 is 18.2 Å². The van der Waals surface area contributed by atoms with Crippen LogP contribution in [0.4, 0.5) is 0 Å². The number of carbonyl (C=O) groups is 1. The number of hydrogen-bond donors (Lipinski definition) is 0. The highest BCUT2D eigenvalue weighted by Crippen LogP contribution is 2.58. The van der Waals surface area contributed by atoms with Crippen LogP contribution in [0, 0.1) is 17.8 Å². The third-order valence-electron chi connectivity index (χ3n) is 8.40. The average molecular weight is 404 g/mol. The van der Waals surface area contributed by atoms with Gasteiger partial charge in [0.15, 0.2) is 0 Å². The predicted octanol–water partition coefficient (Wildman–Crippen LogP) is 4.79. The van der Waals surface area contributed by atoms with E-state index in [4.69, 9.17) is 4.74 Å². The van der Waals surface area contributed by atoms with Crippen LogP contribution in [-0.2, 0) is 16.6 Å². The Morgan fingerprint density at radius 3 is 2.75 bits per heavy atom. The maximum atomic E-state index is 12.8. The monoisotopic (exact) mass is 403 g/mol. The molecule has 3 aliphatic carbocycles. The Morgan fingerprint density at radius 1 is 1.25 bits per heavy atom. The van der Waals surface area contributed by atoms with Gasteiger partial charge in [-0.05, 0) is 73.2 Å². The van der Waals surface area contributed by atoms with Crippen molar-refractivity contribution in [2.24, 2.45) is 17.8 Å². The number of halogens is 1. The van der Waals surface area contributed by atoms with Gasteiger partial charge < -0.3 is 4.74 Å². The van der Waals surface area contributed by atoms with Crippen LogP contribution in [0.15, 0.2) is 18.2 Å². The zero-order valence-corrected chi connectivity index (χ0v) is 18.1. The summed E-state index contributed by atoms with van der Waals surface area (Å²) in [6.07, 6.45) is 9.24. The topological polar surface area (TPSA) is 29.5 Å². The molecule has 0 spiro atoms. The molecule has 2 saturated carbocycles. The summed E-state index contributed by atoms with van der Waals surface area (Å²) in [4.78, 5) is 15.6. The zero-order valence-electron chi connectivity index (χ0n) is 17.3. The summed E-state index contributed by atoms with van der Waals surface area (Å²) in [5.74, 6) is 3.52. The molecule has 1 saturated heterocycles. The second-order valence-electron chi connectivity index (χ2n) is 9.61. The summed E-state index contributed by atoms with van der Waals surface area (Å²) in [5, 5.41) is 0. The van der Waals surface area contributed by atoms with Crippen LogP contribution in [0.5, 0.6) is 5.75 Å². The maximum Gasteiger partial charge on any atom is 0.134 e. The first kappa shape index (κ1) is 20.2. The molecular formula is C24H34ClNO2. The summed E-state index contributed by atoms with van der Waals surface area (Å²) >= 11 is 0. The van der Waals surface area contributed by atoms with Gasteiger partial charge in [-0.15, -0.1) is 12.4 Å². The number of piperidine rings is 1. The summed E-state index contributed by atoms with van der Waals surface area (Å²) in [5.41, 5.74) is 2.97. The molecule has 2 unspecified atom stereocenters. The van der Waals surface area contributed by atoms with Gasteiger partial charge in [-0.25, -0.2) is 0 Å². The van der Waals surface area contributed by atoms with E-state index in [1.165, 1.54) is 36.9 Å². The Hall–Kier alpha value is -1.06. The van der Waals surface area contributed by atoms with Gasteiger partial charge in [-0.1, -0.05) is 25.8 Å². The molecule has 5 rings (SSSR count). The Kier molecular flexibility index (Phi) is 5.52. The molecule has 4 heteroatoms. The van der Waals surface area contributed by atoms with Crippen molar-refractivity contribution in [2.75, 3.05) is 20.2 Å². The molecule has 1 aromatic rings. The molecule has 1 aliphatic heterocycles. The summed E-state index contributed by atoms with van der Waals surface area (Å²) in [7, 11) is 1.75. The molecule has 1 heterocycles. The lowest BCUT2D eigenvalue weighted by Crippen LogP contribution is -2.64. The number of nitrogens with zero attached hydrogens (tertiary/aromatic N) is 1. The van der Waals surface area contributed by atoms with Gasteiger partial charge in [0.1, 0.15) is 11.5 Å². The fourth-order valence-electron chi connectivity index (χ4n) is 6.93. The number of ether oxygens (including phenoxy) is 1. The minimum absolute atomic E-state index is 0. The Labute approximate surface area is 175 Å². The lowest BCUT2D eigenvalue weighted by Gasteiger charge is -2.61. The fourth-order valence-corrected chi connectivity index (χ4v) is 6.93. The van der Waals surface area contributed by atoms with E-state index >= 15 is 0 Å². The van der Waals surface area contributed by atoms with Crippen molar-refractivity contribution < 1.29 is 9.53 Å². The van der Waals surface area contributed by atoms with Gasteiger partial charge in [0, 0.05) is 30.8 Å². The smallest absolute Gasteiger partial charge is 0.134 e. The zero-order chi connectivity index (χ0) is 18.6. The molecule has 0 N–H and O–H groups in total. The highest BCUT2D eigenvalue weighted by atomic mass is 35.5. The SMILES string of the molecule is CC[C@@H]1CC(=O)CC23CCN(CC4CCC4)C(Cc4ccc(OC)cc42)[C@@H]13.Cl. The largest absolute Gasteiger partial charge is 0.497 e. The standard InChI is InChI=1S/C24H33NO2.ClH/c1-3-17-11-19(26)14-24-9-10-25(15-16-5-4-6-16)22(23(17)24)12-18-7-8-20(27-2)13-21(18)24;/h7-8,13,16-17,22-23H,3-6,9-12,14-15H2,1-2H3;1H/t17-,22?,23-,24?;/m1./s1. The number of methoxy groups -OCH3 is 1. The second-order valence-corrected chi connectivity index (χ2v) is 9.61. The van der Waals surface area contributed by atoms with Gasteiger partial charge in [0.05, 0.1) is 7.11 Å². The molecule has 4 aliphatic rings. The minimum atomic E-state index is 0. The van der Waals surface area contributed by atoms with Crippen LogP contribution in [0.3, 0.4) is 0 Å². The Bertz CT molecular complexity index is 746. The van der Waals surface area contributed by atoms with Crippen molar-refractivity contribution in [3.8, 4) is 5.75 Å². The predicted molar refractivity (Wildman–Crippen MR) is 114 cm³/mol. The van der Waals surface area contributed by atoms with E-state index in [1.807, 2.05) is 0 Å². The molecule has 0 radical (unpaired) electrons. The van der Waals surface area contributed by atoms with Crippen LogP contribution in [0.25, 0.3) is 0 Å². The van der Waals surface area contributed by atoms with Crippen molar-refractivity contribution in [2.45, 2.75) is 69.7 Å². The van der Waals surface area contributed by atoms with Crippen molar-refractivity contribution in [3.05, 3.63) is 29.3 Å². The third kappa shape index (κ3) is 3.01. The molecule has 4 atom stereocenters. The van der Waals surface area contributed by atoms with E-state index in [9.17, 15) is 4.79 Å². The van der Waals surface area contributed by atoms with Crippen LogP contribution in [0.2, 0.25) is 0 Å². The molecular weight excluding hydrogens is 370 g/mol. The van der Waals surface area contributed by atoms with Gasteiger partial charge >= 0.3 is 0 Å². The second kappa shape index (κ2) is 7.65. The van der Waals surface area contributed by atoms with E-state index in [2.05, 4.69) is 30.0 Å². The normalized spacial score (nSPS) is 34.6. The maximum absolute atomic E-state index is 12.8. The fraction of sp³-hybridized carbons (Fsp3) is 0.708. The lowest BCUT2D eigenvalue weighted by molar-refractivity contribution is -0.132. The number of rotatable bonds is 4. The van der Waals surface area contributed by atoms with Crippen molar-refractivity contribution in [1.29, 1.82) is 0 Å². The Morgan fingerprint density at radius 2 is 2.07 bits per heavy atom. The van der Waals surface area contributed by atoms with Crippen LogP contribution in [0.1, 0.15) is 63.0 Å². The van der Waals surface area contributed by atoms with Crippen LogP contribution >= 0.6 is 12.4 Å². The number of hydrogen-bond acceptors (Lipinski definition) is 3. The molecule has 0 aromatic heterocycles. The molecule has 2 bridgehead atoms. The van der Waals surface area contributed by atoms with Crippen LogP contribution in [-0.4, -0.2) is 36.9 Å². The van der Waals surface area contributed by atoms with Crippen LogP contribution < -0.4 is 4.74 Å². The average Bonchev–Trinajstić information content (AvgIpc) is 2.64. The van der Waals surface area contributed by atoms with Crippen molar-refractivity contribution in [1.82, 2.24) is 4.90 Å². The summed E-state index contributed by atoms with van der Waals surface area (Å²) in [6.45, 7) is 4.75. The highest BCUT2D eigenvalue weighted by molar-refractivity contribution is 5.85. The first-order valence-corrected chi connectivity index (χ1v) is 11.1. The molecule has 3 nitrogen and oxygen atoms in total. The number of carbonyl (C=O) groups excluding carboxylic acids is 1. The first-order valence-electron chi connectivity index (χ1n) is 11.1. The quantitative estimate of drug-likeness (QED) is 0.723. The van der Waals surface area contributed by atoms with E-state index in [-0.39, 0.29) is 17.8 Å².